The highest BCUT2D eigenvalue weighted by Crippen LogP contribution is 2.54. The molecule has 0 bridgehead atoms. The van der Waals surface area contributed by atoms with Crippen LogP contribution in [0, 0.1) is 11.8 Å². The van der Waals surface area contributed by atoms with Crippen LogP contribution < -0.4 is 0 Å². The molecule has 1 aliphatic rings. The van der Waals surface area contributed by atoms with Crippen LogP contribution in [-0.4, -0.2) is 10.2 Å². The zero-order valence-electron chi connectivity index (χ0n) is 14.9. The summed E-state index contributed by atoms with van der Waals surface area (Å²) in [5.74, 6) is 2.28. The molecule has 2 aromatic carbocycles. The summed E-state index contributed by atoms with van der Waals surface area (Å²) < 4.78 is 0. The van der Waals surface area contributed by atoms with Crippen molar-refractivity contribution in [3.63, 3.8) is 0 Å². The van der Waals surface area contributed by atoms with Gasteiger partial charge in [0.25, 0.3) is 0 Å². The first-order valence-electron chi connectivity index (χ1n) is 9.00. The molecule has 3 unspecified atom stereocenters. The Morgan fingerprint density at radius 2 is 1.46 bits per heavy atom. The highest BCUT2D eigenvalue weighted by atomic mass is 16.3. The third kappa shape index (κ3) is 3.02. The predicted molar refractivity (Wildman–Crippen MR) is 98.5 cm³/mol. The van der Waals surface area contributed by atoms with Crippen LogP contribution >= 0.6 is 0 Å². The zero-order valence-corrected chi connectivity index (χ0v) is 14.9. The highest BCUT2D eigenvalue weighted by Gasteiger charge is 2.44. The summed E-state index contributed by atoms with van der Waals surface area (Å²) in [4.78, 5) is 0. The Kier molecular flexibility index (Phi) is 4.58. The van der Waals surface area contributed by atoms with E-state index in [1.165, 1.54) is 24.0 Å². The smallest absolute Gasteiger partial charge is 0.115 e. The molecule has 1 aliphatic carbocycles. The summed E-state index contributed by atoms with van der Waals surface area (Å²) in [7, 11) is 0. The second kappa shape index (κ2) is 6.51. The minimum atomic E-state index is 0.0395. The van der Waals surface area contributed by atoms with Crippen molar-refractivity contribution in [2.75, 3.05) is 0 Å². The summed E-state index contributed by atoms with van der Waals surface area (Å²) in [5, 5.41) is 19.3. The largest absolute Gasteiger partial charge is 0.508 e. The van der Waals surface area contributed by atoms with Crippen LogP contribution in [0.25, 0.3) is 0 Å². The van der Waals surface area contributed by atoms with E-state index >= 15 is 0 Å². The lowest BCUT2D eigenvalue weighted by molar-refractivity contribution is 0.150. The summed E-state index contributed by atoms with van der Waals surface area (Å²) in [6.07, 6.45) is 3.62. The van der Waals surface area contributed by atoms with Gasteiger partial charge in [-0.1, -0.05) is 51.5 Å². The fourth-order valence-corrected chi connectivity index (χ4v) is 4.68. The second-order valence-electron chi connectivity index (χ2n) is 7.83. The molecule has 0 heterocycles. The van der Waals surface area contributed by atoms with E-state index in [9.17, 15) is 10.2 Å². The third-order valence-electron chi connectivity index (χ3n) is 5.98. The molecule has 1 fully saturated rings. The van der Waals surface area contributed by atoms with E-state index in [1.807, 2.05) is 0 Å². The van der Waals surface area contributed by atoms with Crippen molar-refractivity contribution in [1.29, 1.82) is 0 Å². The van der Waals surface area contributed by atoms with Gasteiger partial charge in [-0.15, -0.1) is 0 Å². The lowest BCUT2D eigenvalue weighted by Crippen LogP contribution is -2.40. The Morgan fingerprint density at radius 1 is 0.917 bits per heavy atom. The van der Waals surface area contributed by atoms with Crippen molar-refractivity contribution in [1.82, 2.24) is 0 Å². The molecule has 0 amide bonds. The molecule has 0 aromatic heterocycles. The standard InChI is InChI=1S/C22H28O2/c1-15(2)20-5-4-14-22(3,17-8-12-19(24)13-9-17)21(20)16-6-10-18(23)11-7-16/h6-13,15,20-21,23-24H,4-5,14H2,1-3H3. The Bertz CT molecular complexity index is 672. The molecule has 2 aromatic rings. The van der Waals surface area contributed by atoms with Gasteiger partial charge in [0, 0.05) is 0 Å². The molecule has 0 saturated heterocycles. The number of aromatic hydroxyl groups is 2. The first kappa shape index (κ1) is 16.9. The highest BCUT2D eigenvalue weighted by molar-refractivity contribution is 5.39. The molecule has 3 atom stereocenters. The Balaban J connectivity index is 2.10. The van der Waals surface area contributed by atoms with Gasteiger partial charge < -0.3 is 10.2 Å². The topological polar surface area (TPSA) is 40.5 Å². The number of hydrogen-bond donors (Lipinski definition) is 2. The van der Waals surface area contributed by atoms with Crippen LogP contribution in [0.2, 0.25) is 0 Å². The number of benzene rings is 2. The average molecular weight is 324 g/mol. The third-order valence-corrected chi connectivity index (χ3v) is 5.98. The quantitative estimate of drug-likeness (QED) is 0.772. The summed E-state index contributed by atoms with van der Waals surface area (Å²) in [5.41, 5.74) is 2.64. The van der Waals surface area contributed by atoms with E-state index in [1.54, 1.807) is 24.3 Å². The van der Waals surface area contributed by atoms with E-state index in [4.69, 9.17) is 0 Å². The van der Waals surface area contributed by atoms with Gasteiger partial charge in [-0.05, 0) is 71.4 Å². The van der Waals surface area contributed by atoms with Crippen LogP contribution in [0.1, 0.15) is 57.1 Å². The van der Waals surface area contributed by atoms with Gasteiger partial charge in [-0.3, -0.25) is 0 Å². The van der Waals surface area contributed by atoms with Crippen LogP contribution in [-0.2, 0) is 5.41 Å². The van der Waals surface area contributed by atoms with E-state index in [2.05, 4.69) is 45.0 Å². The molecule has 0 radical (unpaired) electrons. The average Bonchev–Trinajstić information content (AvgIpc) is 2.56. The summed E-state index contributed by atoms with van der Waals surface area (Å²) in [6.45, 7) is 7.01. The van der Waals surface area contributed by atoms with Crippen molar-refractivity contribution in [3.05, 3.63) is 59.7 Å². The van der Waals surface area contributed by atoms with Crippen molar-refractivity contribution in [3.8, 4) is 11.5 Å². The number of hydrogen-bond acceptors (Lipinski definition) is 2. The predicted octanol–water partition coefficient (Wildman–Crippen LogP) is 5.60. The Hall–Kier alpha value is -1.96. The molecule has 2 nitrogen and oxygen atoms in total. The second-order valence-corrected chi connectivity index (χ2v) is 7.83. The van der Waals surface area contributed by atoms with Gasteiger partial charge in [0.2, 0.25) is 0 Å². The minimum absolute atomic E-state index is 0.0395. The number of rotatable bonds is 3. The molecule has 0 spiro atoms. The van der Waals surface area contributed by atoms with E-state index in [0.717, 1.165) is 6.42 Å². The normalized spacial score (nSPS) is 27.3. The molecule has 24 heavy (non-hydrogen) atoms. The maximum absolute atomic E-state index is 9.68. The molecule has 1 saturated carbocycles. The van der Waals surface area contributed by atoms with Crippen molar-refractivity contribution in [2.45, 2.75) is 51.4 Å². The fraction of sp³-hybridized carbons (Fsp3) is 0.455. The molecular formula is C22H28O2. The Labute approximate surface area is 145 Å². The first-order valence-corrected chi connectivity index (χ1v) is 9.00. The Morgan fingerprint density at radius 3 is 2.00 bits per heavy atom. The number of phenols is 2. The van der Waals surface area contributed by atoms with Crippen LogP contribution in [0.4, 0.5) is 0 Å². The lowest BCUT2D eigenvalue weighted by atomic mass is 9.55. The maximum atomic E-state index is 9.68. The first-order chi connectivity index (χ1) is 11.4. The van der Waals surface area contributed by atoms with Crippen LogP contribution in [0.15, 0.2) is 48.5 Å². The molecule has 3 rings (SSSR count). The molecule has 2 N–H and O–H groups in total. The van der Waals surface area contributed by atoms with Gasteiger partial charge in [0.15, 0.2) is 0 Å². The molecule has 128 valence electrons. The molecule has 2 heteroatoms. The van der Waals surface area contributed by atoms with Crippen LogP contribution in [0.3, 0.4) is 0 Å². The van der Waals surface area contributed by atoms with Crippen molar-refractivity contribution in [2.24, 2.45) is 11.8 Å². The zero-order chi connectivity index (χ0) is 17.3. The SMILES string of the molecule is CC(C)C1CCCC(C)(c2ccc(O)cc2)C1c1ccc(O)cc1. The lowest BCUT2D eigenvalue weighted by Gasteiger charge is -2.48. The van der Waals surface area contributed by atoms with E-state index < -0.39 is 0 Å². The number of phenolic OH excluding ortho intramolecular Hbond substituents is 2. The molecule has 0 aliphatic heterocycles. The molecular weight excluding hydrogens is 296 g/mol. The van der Waals surface area contributed by atoms with Crippen LogP contribution in [0.5, 0.6) is 11.5 Å². The van der Waals surface area contributed by atoms with Gasteiger partial charge in [0.05, 0.1) is 0 Å². The summed E-state index contributed by atoms with van der Waals surface area (Å²) in [6, 6.07) is 15.5. The van der Waals surface area contributed by atoms with Crippen molar-refractivity contribution < 1.29 is 10.2 Å². The maximum Gasteiger partial charge on any atom is 0.115 e. The van der Waals surface area contributed by atoms with Gasteiger partial charge >= 0.3 is 0 Å². The van der Waals surface area contributed by atoms with E-state index in [-0.39, 0.29) is 5.41 Å². The monoisotopic (exact) mass is 324 g/mol. The summed E-state index contributed by atoms with van der Waals surface area (Å²) >= 11 is 0. The fourth-order valence-electron chi connectivity index (χ4n) is 4.68. The van der Waals surface area contributed by atoms with Gasteiger partial charge in [0.1, 0.15) is 11.5 Å². The van der Waals surface area contributed by atoms with Gasteiger partial charge in [-0.25, -0.2) is 0 Å². The van der Waals surface area contributed by atoms with Crippen molar-refractivity contribution >= 4 is 0 Å². The van der Waals surface area contributed by atoms with Gasteiger partial charge in [-0.2, -0.15) is 0 Å². The minimum Gasteiger partial charge on any atom is -0.508 e. The van der Waals surface area contributed by atoms with E-state index in [0.29, 0.717) is 29.3 Å².